The van der Waals surface area contributed by atoms with Crippen LogP contribution >= 0.6 is 0 Å². The number of hydrogen-bond donors (Lipinski definition) is 3. The summed E-state index contributed by atoms with van der Waals surface area (Å²) < 4.78 is 16.7. The number of carbonyl (C=O) groups excluding carboxylic acids is 2. The smallest absolute Gasteiger partial charge is 0.267 e. The molecule has 8 heteroatoms. The highest BCUT2D eigenvalue weighted by Gasteiger charge is 2.15. The predicted molar refractivity (Wildman–Crippen MR) is 146 cm³/mol. The summed E-state index contributed by atoms with van der Waals surface area (Å²) in [5.74, 6) is 1.18. The fourth-order valence-electron chi connectivity index (χ4n) is 3.52. The lowest BCUT2D eigenvalue weighted by Crippen LogP contribution is -2.36. The Morgan fingerprint density at radius 2 is 1.66 bits per heavy atom. The van der Waals surface area contributed by atoms with Crippen LogP contribution in [-0.2, 0) is 11.2 Å². The van der Waals surface area contributed by atoms with E-state index in [1.165, 1.54) is 0 Å². The van der Waals surface area contributed by atoms with Crippen LogP contribution < -0.4 is 24.8 Å². The minimum absolute atomic E-state index is 0.0419. The van der Waals surface area contributed by atoms with Crippen molar-refractivity contribution in [2.24, 2.45) is 0 Å². The number of aliphatic hydroxyl groups is 1. The summed E-state index contributed by atoms with van der Waals surface area (Å²) in [5.41, 5.74) is 2.22. The van der Waals surface area contributed by atoms with E-state index in [9.17, 15) is 9.59 Å². The Bertz CT molecular complexity index is 1220. The molecule has 200 valence electrons. The first-order chi connectivity index (χ1) is 18.4. The van der Waals surface area contributed by atoms with Crippen molar-refractivity contribution >= 4 is 17.9 Å². The second-order valence-corrected chi connectivity index (χ2v) is 8.70. The Kier molecular flexibility index (Phi) is 10.7. The number of ether oxygens (including phenoxy) is 3. The molecule has 8 nitrogen and oxygen atoms in total. The van der Waals surface area contributed by atoms with E-state index in [-0.39, 0.29) is 25.0 Å². The molecule has 3 N–H and O–H groups in total. The van der Waals surface area contributed by atoms with Gasteiger partial charge in [0.1, 0.15) is 22.9 Å². The van der Waals surface area contributed by atoms with Crippen molar-refractivity contribution in [3.05, 3.63) is 95.2 Å². The average molecular weight is 519 g/mol. The van der Waals surface area contributed by atoms with E-state index < -0.39 is 11.8 Å². The number of hydrogen-bond acceptors (Lipinski definition) is 6. The van der Waals surface area contributed by atoms with Crippen LogP contribution in [0.4, 0.5) is 0 Å². The average Bonchev–Trinajstić information content (AvgIpc) is 2.92. The van der Waals surface area contributed by atoms with Gasteiger partial charge >= 0.3 is 0 Å². The summed E-state index contributed by atoms with van der Waals surface area (Å²) >= 11 is 0. The molecule has 0 aliphatic heterocycles. The second-order valence-electron chi connectivity index (χ2n) is 8.70. The minimum Gasteiger partial charge on any atom is -0.497 e. The number of carbonyl (C=O) groups is 2. The van der Waals surface area contributed by atoms with Crippen molar-refractivity contribution in [2.45, 2.75) is 26.4 Å². The van der Waals surface area contributed by atoms with E-state index in [2.05, 4.69) is 10.6 Å². The van der Waals surface area contributed by atoms with Crippen molar-refractivity contribution < 1.29 is 28.9 Å². The number of aliphatic hydroxyl groups excluding tert-OH is 1. The van der Waals surface area contributed by atoms with E-state index in [1.54, 1.807) is 61.7 Å². The van der Waals surface area contributed by atoms with Gasteiger partial charge < -0.3 is 30.0 Å². The molecule has 0 atom stereocenters. The van der Waals surface area contributed by atoms with E-state index in [0.29, 0.717) is 35.7 Å². The molecule has 0 aliphatic carbocycles. The molecule has 0 saturated heterocycles. The van der Waals surface area contributed by atoms with Crippen molar-refractivity contribution in [1.82, 2.24) is 10.6 Å². The fraction of sp³-hybridized carbons (Fsp3) is 0.267. The zero-order valence-electron chi connectivity index (χ0n) is 21.9. The first kappa shape index (κ1) is 28.3. The molecule has 2 amide bonds. The van der Waals surface area contributed by atoms with Crippen molar-refractivity contribution in [1.29, 1.82) is 0 Å². The summed E-state index contributed by atoms with van der Waals surface area (Å²) in [5, 5.41) is 14.3. The van der Waals surface area contributed by atoms with Crippen LogP contribution in [0.1, 0.15) is 35.3 Å². The zero-order valence-corrected chi connectivity index (χ0v) is 21.9. The molecule has 0 saturated carbocycles. The highest BCUT2D eigenvalue weighted by Crippen LogP contribution is 2.17. The monoisotopic (exact) mass is 518 g/mol. The lowest BCUT2D eigenvalue weighted by molar-refractivity contribution is -0.117. The second kappa shape index (κ2) is 14.4. The summed E-state index contributed by atoms with van der Waals surface area (Å²) in [6, 6.07) is 21.7. The van der Waals surface area contributed by atoms with Gasteiger partial charge in [-0.1, -0.05) is 24.3 Å². The standard InChI is InChI=1S/C30H34N2O6/c1-21(2)38-26-11-7-23(8-12-26)20-28(30(35)31-16-17-33)32-29(34)24-9-13-25(14-10-24)37-18-15-22-5-4-6-27(19-22)36-3/h4-14,19-21,33H,15-18H2,1-3H3,(H,31,35)(H,32,34). The predicted octanol–water partition coefficient (Wildman–Crippen LogP) is 3.98. The normalized spacial score (nSPS) is 11.1. The van der Waals surface area contributed by atoms with Crippen LogP contribution in [0.2, 0.25) is 0 Å². The van der Waals surface area contributed by atoms with Crippen molar-refractivity contribution in [3.8, 4) is 17.2 Å². The third kappa shape index (κ3) is 8.97. The molecule has 0 fully saturated rings. The molecule has 3 aromatic carbocycles. The van der Waals surface area contributed by atoms with Crippen LogP contribution in [0.25, 0.3) is 6.08 Å². The third-order valence-electron chi connectivity index (χ3n) is 5.36. The SMILES string of the molecule is COc1cccc(CCOc2ccc(C(=O)NC(=Cc3ccc(OC(C)C)cc3)C(=O)NCCO)cc2)c1. The van der Waals surface area contributed by atoms with Gasteiger partial charge in [-0.3, -0.25) is 9.59 Å². The highest BCUT2D eigenvalue weighted by atomic mass is 16.5. The van der Waals surface area contributed by atoms with Crippen molar-refractivity contribution in [2.75, 3.05) is 26.9 Å². The first-order valence-electron chi connectivity index (χ1n) is 12.4. The number of rotatable bonds is 13. The fourth-order valence-corrected chi connectivity index (χ4v) is 3.52. The first-order valence-corrected chi connectivity index (χ1v) is 12.4. The summed E-state index contributed by atoms with van der Waals surface area (Å²) in [6.07, 6.45) is 2.32. The van der Waals surface area contributed by atoms with Gasteiger partial charge in [0.05, 0.1) is 26.4 Å². The quantitative estimate of drug-likeness (QED) is 0.296. The minimum atomic E-state index is -0.507. The number of amides is 2. The van der Waals surface area contributed by atoms with Gasteiger partial charge in [0, 0.05) is 18.5 Å². The van der Waals surface area contributed by atoms with Gasteiger partial charge in [0.2, 0.25) is 0 Å². The van der Waals surface area contributed by atoms with Crippen LogP contribution in [0.5, 0.6) is 17.2 Å². The molecular weight excluding hydrogens is 484 g/mol. The lowest BCUT2D eigenvalue weighted by Gasteiger charge is -2.12. The van der Waals surface area contributed by atoms with Crippen LogP contribution in [0.3, 0.4) is 0 Å². The Morgan fingerprint density at radius 3 is 2.32 bits per heavy atom. The molecule has 0 spiro atoms. The largest absolute Gasteiger partial charge is 0.497 e. The number of nitrogens with one attached hydrogen (secondary N) is 2. The maximum atomic E-state index is 12.9. The van der Waals surface area contributed by atoms with Gasteiger partial charge in [0.15, 0.2) is 0 Å². The van der Waals surface area contributed by atoms with E-state index in [4.69, 9.17) is 19.3 Å². The van der Waals surface area contributed by atoms with Gasteiger partial charge in [0.25, 0.3) is 11.8 Å². The molecule has 0 aromatic heterocycles. The van der Waals surface area contributed by atoms with Crippen LogP contribution in [0.15, 0.2) is 78.5 Å². The van der Waals surface area contributed by atoms with Crippen LogP contribution in [-0.4, -0.2) is 49.9 Å². The molecule has 38 heavy (non-hydrogen) atoms. The van der Waals surface area contributed by atoms with Crippen molar-refractivity contribution in [3.63, 3.8) is 0 Å². The van der Waals surface area contributed by atoms with Gasteiger partial charge in [-0.2, -0.15) is 0 Å². The summed E-state index contributed by atoms with van der Waals surface area (Å²) in [4.78, 5) is 25.6. The Balaban J connectivity index is 1.64. The lowest BCUT2D eigenvalue weighted by atomic mass is 10.1. The number of methoxy groups -OCH3 is 1. The maximum absolute atomic E-state index is 12.9. The van der Waals surface area contributed by atoms with Gasteiger partial charge in [-0.15, -0.1) is 0 Å². The van der Waals surface area contributed by atoms with E-state index in [0.717, 1.165) is 11.3 Å². The maximum Gasteiger partial charge on any atom is 0.267 e. The third-order valence-corrected chi connectivity index (χ3v) is 5.36. The van der Waals surface area contributed by atoms with E-state index in [1.807, 2.05) is 38.1 Å². The molecule has 0 bridgehead atoms. The molecule has 0 aliphatic rings. The van der Waals surface area contributed by atoms with Gasteiger partial charge in [-0.05, 0) is 79.6 Å². The summed E-state index contributed by atoms with van der Waals surface area (Å²) in [6.45, 7) is 4.20. The van der Waals surface area contributed by atoms with Gasteiger partial charge in [-0.25, -0.2) is 0 Å². The molecule has 0 heterocycles. The summed E-state index contributed by atoms with van der Waals surface area (Å²) in [7, 11) is 1.63. The van der Waals surface area contributed by atoms with E-state index >= 15 is 0 Å². The topological polar surface area (TPSA) is 106 Å². The Morgan fingerprint density at radius 1 is 0.947 bits per heavy atom. The Labute approximate surface area is 223 Å². The molecular formula is C30H34N2O6. The zero-order chi connectivity index (χ0) is 27.3. The number of benzene rings is 3. The molecule has 0 unspecified atom stereocenters. The highest BCUT2D eigenvalue weighted by molar-refractivity contribution is 6.05. The Hall–Kier alpha value is -4.30. The molecule has 0 radical (unpaired) electrons. The molecule has 3 rings (SSSR count). The molecule has 3 aromatic rings. The van der Waals surface area contributed by atoms with Crippen LogP contribution in [0, 0.1) is 0 Å².